The molecule has 4 nitrogen and oxygen atoms in total. The maximum Gasteiger partial charge on any atom is 0.335 e. The van der Waals surface area contributed by atoms with Crippen LogP contribution < -0.4 is 0 Å². The van der Waals surface area contributed by atoms with Crippen LogP contribution in [-0.2, 0) is 24.1 Å². The Labute approximate surface area is 152 Å². The monoisotopic (exact) mass is 350 g/mol. The Morgan fingerprint density at radius 1 is 0.885 bits per heavy atom. The van der Waals surface area contributed by atoms with Crippen LogP contribution in [0.2, 0.25) is 0 Å². The molecule has 4 rings (SSSR count). The predicted molar refractivity (Wildman–Crippen MR) is 97.8 cm³/mol. The Bertz CT molecular complexity index is 884. The largest absolute Gasteiger partial charge is 0.481 e. The van der Waals surface area contributed by atoms with Crippen molar-refractivity contribution in [2.75, 3.05) is 0 Å². The van der Waals surface area contributed by atoms with Gasteiger partial charge in [-0.25, -0.2) is 4.79 Å². The molecule has 0 radical (unpaired) electrons. The normalized spacial score (nSPS) is 21.5. The van der Waals surface area contributed by atoms with Crippen LogP contribution in [0.5, 0.6) is 0 Å². The van der Waals surface area contributed by atoms with E-state index in [2.05, 4.69) is 0 Å². The molecule has 2 aromatic rings. The highest BCUT2D eigenvalue weighted by Gasteiger charge is 2.39. The number of aryl methyl sites for hydroxylation is 2. The van der Waals surface area contributed by atoms with Crippen molar-refractivity contribution in [3.8, 4) is 0 Å². The van der Waals surface area contributed by atoms with Gasteiger partial charge in [0.25, 0.3) is 0 Å². The Morgan fingerprint density at radius 2 is 1.65 bits per heavy atom. The van der Waals surface area contributed by atoms with Crippen molar-refractivity contribution < 1.29 is 19.8 Å². The third kappa shape index (κ3) is 2.70. The molecule has 0 fully saturated rings. The summed E-state index contributed by atoms with van der Waals surface area (Å²) in [5.41, 5.74) is 5.38. The van der Waals surface area contributed by atoms with Crippen molar-refractivity contribution in [1.82, 2.24) is 0 Å². The van der Waals surface area contributed by atoms with Gasteiger partial charge in [0.05, 0.1) is 11.5 Å². The molecule has 134 valence electrons. The van der Waals surface area contributed by atoms with Crippen LogP contribution >= 0.6 is 0 Å². The van der Waals surface area contributed by atoms with E-state index in [1.165, 1.54) is 5.56 Å². The summed E-state index contributed by atoms with van der Waals surface area (Å²) >= 11 is 0. The lowest BCUT2D eigenvalue weighted by Crippen LogP contribution is -2.31. The van der Waals surface area contributed by atoms with Gasteiger partial charge in [0, 0.05) is 5.92 Å². The fraction of sp³-hybridized carbons (Fsp3) is 0.364. The Balaban J connectivity index is 2.00. The van der Waals surface area contributed by atoms with Gasteiger partial charge in [-0.15, -0.1) is 0 Å². The van der Waals surface area contributed by atoms with Crippen molar-refractivity contribution in [3.63, 3.8) is 0 Å². The minimum Gasteiger partial charge on any atom is -0.481 e. The quantitative estimate of drug-likeness (QED) is 0.876. The first kappa shape index (κ1) is 16.8. The number of rotatable bonds is 3. The van der Waals surface area contributed by atoms with Crippen LogP contribution in [0.4, 0.5) is 0 Å². The van der Waals surface area contributed by atoms with E-state index in [-0.39, 0.29) is 5.56 Å². The molecule has 0 heterocycles. The van der Waals surface area contributed by atoms with Gasteiger partial charge in [-0.05, 0) is 72.4 Å². The lowest BCUT2D eigenvalue weighted by molar-refractivity contribution is -0.142. The SMILES string of the molecule is O=C(O)c1ccc2c(c1[C@@H]1c3ccccc3CCC1C(=O)O)CCCC2. The summed E-state index contributed by atoms with van der Waals surface area (Å²) < 4.78 is 0. The standard InChI is InChI=1S/C22H22O4/c23-21(24)17-11-9-13-5-1-3-7-15(13)19(17)20-16-8-4-2-6-14(16)10-12-18(20)22(25)26/h1,3,5,7,10,12,17,19H,2,4,6,8-9,11H2,(H,23,24)(H,25,26)/t17?,19-/m1/s1. The summed E-state index contributed by atoms with van der Waals surface area (Å²) in [6.07, 6.45) is 5.16. The molecule has 1 unspecified atom stereocenters. The molecule has 0 saturated heterocycles. The number of fused-ring (bicyclic) bond motifs is 2. The van der Waals surface area contributed by atoms with Crippen LogP contribution in [-0.4, -0.2) is 22.2 Å². The van der Waals surface area contributed by atoms with Crippen LogP contribution in [0.3, 0.4) is 0 Å². The number of carbonyl (C=O) groups is 2. The van der Waals surface area contributed by atoms with E-state index in [0.29, 0.717) is 6.42 Å². The Morgan fingerprint density at radius 3 is 2.42 bits per heavy atom. The molecule has 0 spiro atoms. The first-order chi connectivity index (χ1) is 12.6. The first-order valence-corrected chi connectivity index (χ1v) is 9.26. The van der Waals surface area contributed by atoms with Crippen LogP contribution in [0.1, 0.15) is 63.4 Å². The van der Waals surface area contributed by atoms with Crippen molar-refractivity contribution in [3.05, 3.63) is 69.8 Å². The number of hydrogen-bond acceptors (Lipinski definition) is 2. The van der Waals surface area contributed by atoms with E-state index in [9.17, 15) is 19.8 Å². The maximum absolute atomic E-state index is 12.0. The van der Waals surface area contributed by atoms with Gasteiger partial charge in [0.1, 0.15) is 0 Å². The molecule has 2 aromatic carbocycles. The highest BCUT2D eigenvalue weighted by atomic mass is 16.4. The minimum absolute atomic E-state index is 0.263. The van der Waals surface area contributed by atoms with Gasteiger partial charge in [-0.3, -0.25) is 4.79 Å². The maximum atomic E-state index is 12.0. The lowest BCUT2D eigenvalue weighted by Gasteiger charge is -2.35. The van der Waals surface area contributed by atoms with Gasteiger partial charge < -0.3 is 10.2 Å². The fourth-order valence-electron chi connectivity index (χ4n) is 4.78. The molecule has 4 heteroatoms. The zero-order valence-electron chi connectivity index (χ0n) is 14.6. The van der Waals surface area contributed by atoms with Gasteiger partial charge >= 0.3 is 11.9 Å². The Hall–Kier alpha value is -2.62. The average molecular weight is 350 g/mol. The third-order valence-electron chi connectivity index (χ3n) is 5.95. The molecule has 0 aliphatic heterocycles. The Kier molecular flexibility index (Phi) is 4.27. The number of carboxylic acids is 2. The number of aliphatic carboxylic acids is 1. The van der Waals surface area contributed by atoms with Crippen LogP contribution in [0, 0.1) is 5.92 Å². The predicted octanol–water partition coefficient (Wildman–Crippen LogP) is 4.04. The molecular weight excluding hydrogens is 328 g/mol. The van der Waals surface area contributed by atoms with Gasteiger partial charge in [0.2, 0.25) is 0 Å². The molecule has 2 atom stereocenters. The van der Waals surface area contributed by atoms with Crippen LogP contribution in [0.25, 0.3) is 0 Å². The van der Waals surface area contributed by atoms with E-state index in [0.717, 1.165) is 54.4 Å². The second kappa shape index (κ2) is 6.60. The highest BCUT2D eigenvalue weighted by Crippen LogP contribution is 2.45. The molecule has 2 aliphatic carbocycles. The van der Waals surface area contributed by atoms with E-state index in [1.807, 2.05) is 30.3 Å². The second-order valence-electron chi connectivity index (χ2n) is 7.34. The number of hydrogen-bond donors (Lipinski definition) is 2. The zero-order chi connectivity index (χ0) is 18.3. The summed E-state index contributed by atoms with van der Waals surface area (Å²) in [7, 11) is 0. The molecule has 0 aromatic heterocycles. The van der Waals surface area contributed by atoms with E-state index < -0.39 is 23.8 Å². The highest BCUT2D eigenvalue weighted by molar-refractivity contribution is 5.91. The summed E-state index contributed by atoms with van der Waals surface area (Å²) in [6, 6.07) is 11.5. The third-order valence-corrected chi connectivity index (χ3v) is 5.95. The second-order valence-corrected chi connectivity index (χ2v) is 7.34. The molecule has 0 amide bonds. The number of benzene rings is 2. The molecule has 2 N–H and O–H groups in total. The van der Waals surface area contributed by atoms with Crippen molar-refractivity contribution in [1.29, 1.82) is 0 Å². The molecular formula is C22H22O4. The molecule has 2 aliphatic rings. The van der Waals surface area contributed by atoms with Gasteiger partial charge in [0.15, 0.2) is 0 Å². The fourth-order valence-corrected chi connectivity index (χ4v) is 4.78. The van der Waals surface area contributed by atoms with Crippen LogP contribution in [0.15, 0.2) is 36.4 Å². The molecule has 0 bridgehead atoms. The topological polar surface area (TPSA) is 74.6 Å². The van der Waals surface area contributed by atoms with Gasteiger partial charge in [-0.1, -0.05) is 30.3 Å². The molecule has 26 heavy (non-hydrogen) atoms. The van der Waals surface area contributed by atoms with Crippen molar-refractivity contribution in [2.24, 2.45) is 5.92 Å². The average Bonchev–Trinajstić information content (AvgIpc) is 2.66. The summed E-state index contributed by atoms with van der Waals surface area (Å²) in [5, 5.41) is 19.7. The molecule has 0 saturated carbocycles. The van der Waals surface area contributed by atoms with E-state index >= 15 is 0 Å². The number of carboxylic acid groups (broad SMARTS) is 2. The van der Waals surface area contributed by atoms with Crippen molar-refractivity contribution >= 4 is 11.9 Å². The zero-order valence-corrected chi connectivity index (χ0v) is 14.6. The van der Waals surface area contributed by atoms with Gasteiger partial charge in [-0.2, -0.15) is 0 Å². The first-order valence-electron chi connectivity index (χ1n) is 9.26. The minimum atomic E-state index is -0.972. The number of aromatic carboxylic acids is 1. The summed E-state index contributed by atoms with van der Waals surface area (Å²) in [4.78, 5) is 24.0. The van der Waals surface area contributed by atoms with E-state index in [1.54, 1.807) is 6.07 Å². The summed E-state index contributed by atoms with van der Waals surface area (Å²) in [5.74, 6) is -2.79. The van der Waals surface area contributed by atoms with E-state index in [4.69, 9.17) is 0 Å². The van der Waals surface area contributed by atoms with Crippen molar-refractivity contribution in [2.45, 2.75) is 44.4 Å². The smallest absolute Gasteiger partial charge is 0.335 e. The summed E-state index contributed by atoms with van der Waals surface area (Å²) in [6.45, 7) is 0. The lowest BCUT2D eigenvalue weighted by atomic mass is 9.68.